The van der Waals surface area contributed by atoms with Crippen LogP contribution in [0.3, 0.4) is 0 Å². The van der Waals surface area contributed by atoms with Gasteiger partial charge in [-0.3, -0.25) is 4.79 Å². The molecule has 138 valence electrons. The molecule has 0 saturated carbocycles. The number of benzene rings is 2. The van der Waals surface area contributed by atoms with Crippen molar-refractivity contribution in [2.24, 2.45) is 0 Å². The van der Waals surface area contributed by atoms with E-state index in [1.54, 1.807) is 5.38 Å². The summed E-state index contributed by atoms with van der Waals surface area (Å²) in [7, 11) is 0. The van der Waals surface area contributed by atoms with Gasteiger partial charge in [0.1, 0.15) is 5.01 Å². The molecule has 0 unspecified atom stereocenters. The van der Waals surface area contributed by atoms with Crippen molar-refractivity contribution in [3.05, 3.63) is 70.7 Å². The minimum absolute atomic E-state index is 0.206. The molecule has 27 heavy (non-hydrogen) atoms. The summed E-state index contributed by atoms with van der Waals surface area (Å²) in [6.07, 6.45) is 0.802. The molecule has 0 atom stereocenters. The number of carbonyl (C=O) groups excluding carboxylic acids is 2. The number of nitrogens with zero attached hydrogens (tertiary/aromatic N) is 1. The number of aryl methyl sites for hydroxylation is 2. The Morgan fingerprint density at radius 1 is 1.11 bits per heavy atom. The van der Waals surface area contributed by atoms with Crippen LogP contribution in [0.15, 0.2) is 53.9 Å². The molecular formula is C21H20N2O3S. The maximum Gasteiger partial charge on any atom is 0.358 e. The summed E-state index contributed by atoms with van der Waals surface area (Å²) < 4.78 is 5.10. The third-order valence-corrected chi connectivity index (χ3v) is 4.91. The first-order valence-electron chi connectivity index (χ1n) is 8.64. The summed E-state index contributed by atoms with van der Waals surface area (Å²) in [6, 6.07) is 15.5. The standard InChI is InChI=1S/C21H20N2O3S/c1-3-15-6-4-5-7-17(15)22-19(24)12-26-21(25)18-13-27-20(23-18)16-10-8-14(2)9-11-16/h4-11,13H,3,12H2,1-2H3,(H,22,24). The second-order valence-electron chi connectivity index (χ2n) is 6.04. The summed E-state index contributed by atoms with van der Waals surface area (Å²) in [5.41, 5.74) is 4.07. The minimum Gasteiger partial charge on any atom is -0.451 e. The molecule has 0 spiro atoms. The molecule has 3 rings (SSSR count). The van der Waals surface area contributed by atoms with Crippen molar-refractivity contribution >= 4 is 28.9 Å². The van der Waals surface area contributed by atoms with Gasteiger partial charge in [0, 0.05) is 16.6 Å². The Labute approximate surface area is 162 Å². The lowest BCUT2D eigenvalue weighted by atomic mass is 10.1. The molecule has 6 heteroatoms. The third-order valence-electron chi connectivity index (χ3n) is 4.02. The predicted molar refractivity (Wildman–Crippen MR) is 107 cm³/mol. The fourth-order valence-electron chi connectivity index (χ4n) is 2.54. The number of rotatable bonds is 6. The van der Waals surface area contributed by atoms with E-state index in [1.165, 1.54) is 11.3 Å². The predicted octanol–water partition coefficient (Wildman–Crippen LogP) is 4.48. The summed E-state index contributed by atoms with van der Waals surface area (Å²) in [5.74, 6) is -0.984. The molecule has 0 fully saturated rings. The number of ether oxygens (including phenoxy) is 1. The van der Waals surface area contributed by atoms with E-state index in [-0.39, 0.29) is 18.2 Å². The summed E-state index contributed by atoms with van der Waals surface area (Å²) in [4.78, 5) is 28.5. The van der Waals surface area contributed by atoms with Crippen LogP contribution in [0.4, 0.5) is 5.69 Å². The smallest absolute Gasteiger partial charge is 0.358 e. The van der Waals surface area contributed by atoms with E-state index in [0.717, 1.165) is 33.8 Å². The molecule has 0 saturated heterocycles. The van der Waals surface area contributed by atoms with Crippen molar-refractivity contribution in [3.63, 3.8) is 0 Å². The van der Waals surface area contributed by atoms with E-state index in [9.17, 15) is 9.59 Å². The lowest BCUT2D eigenvalue weighted by Gasteiger charge is -2.09. The molecule has 1 aromatic heterocycles. The van der Waals surface area contributed by atoms with Crippen LogP contribution in [0.2, 0.25) is 0 Å². The zero-order valence-electron chi connectivity index (χ0n) is 15.2. The molecule has 0 radical (unpaired) electrons. The van der Waals surface area contributed by atoms with E-state index in [4.69, 9.17) is 4.74 Å². The molecule has 0 bridgehead atoms. The average Bonchev–Trinajstić information content (AvgIpc) is 3.17. The fourth-order valence-corrected chi connectivity index (χ4v) is 3.33. The van der Waals surface area contributed by atoms with Crippen molar-refractivity contribution in [2.75, 3.05) is 11.9 Å². The Morgan fingerprint density at radius 3 is 2.59 bits per heavy atom. The second kappa shape index (κ2) is 8.60. The number of esters is 1. The summed E-state index contributed by atoms with van der Waals surface area (Å²) in [5, 5.41) is 5.15. The normalized spacial score (nSPS) is 10.4. The van der Waals surface area contributed by atoms with Crippen LogP contribution in [0, 0.1) is 6.92 Å². The van der Waals surface area contributed by atoms with Crippen LogP contribution < -0.4 is 5.32 Å². The van der Waals surface area contributed by atoms with E-state index in [2.05, 4.69) is 10.3 Å². The van der Waals surface area contributed by atoms with Crippen LogP contribution in [0.25, 0.3) is 10.6 Å². The van der Waals surface area contributed by atoms with Gasteiger partial charge < -0.3 is 10.1 Å². The van der Waals surface area contributed by atoms with Gasteiger partial charge in [0.15, 0.2) is 12.3 Å². The molecule has 0 aliphatic rings. The van der Waals surface area contributed by atoms with E-state index in [0.29, 0.717) is 0 Å². The number of para-hydroxylation sites is 1. The van der Waals surface area contributed by atoms with Crippen LogP contribution in [-0.2, 0) is 16.0 Å². The van der Waals surface area contributed by atoms with Crippen LogP contribution in [-0.4, -0.2) is 23.5 Å². The van der Waals surface area contributed by atoms with E-state index < -0.39 is 5.97 Å². The number of anilines is 1. The molecule has 2 aromatic carbocycles. The van der Waals surface area contributed by atoms with Gasteiger partial charge in [0.05, 0.1) is 0 Å². The Morgan fingerprint density at radius 2 is 1.85 bits per heavy atom. The van der Waals surface area contributed by atoms with Crippen LogP contribution in [0.5, 0.6) is 0 Å². The number of hydrogen-bond donors (Lipinski definition) is 1. The molecule has 1 heterocycles. The molecule has 0 aliphatic carbocycles. The van der Waals surface area contributed by atoms with Crippen LogP contribution >= 0.6 is 11.3 Å². The quantitative estimate of drug-likeness (QED) is 0.641. The number of aromatic nitrogens is 1. The molecule has 5 nitrogen and oxygen atoms in total. The lowest BCUT2D eigenvalue weighted by Crippen LogP contribution is -2.21. The van der Waals surface area contributed by atoms with Gasteiger partial charge in [-0.25, -0.2) is 9.78 Å². The Bertz CT molecular complexity index is 948. The van der Waals surface area contributed by atoms with Gasteiger partial charge in [0.2, 0.25) is 0 Å². The number of carbonyl (C=O) groups is 2. The molecule has 3 aromatic rings. The van der Waals surface area contributed by atoms with Crippen molar-refractivity contribution in [3.8, 4) is 10.6 Å². The molecule has 1 amide bonds. The zero-order chi connectivity index (χ0) is 19.2. The highest BCUT2D eigenvalue weighted by Crippen LogP contribution is 2.24. The highest BCUT2D eigenvalue weighted by atomic mass is 32.1. The van der Waals surface area contributed by atoms with Crippen molar-refractivity contribution in [1.29, 1.82) is 0 Å². The van der Waals surface area contributed by atoms with Gasteiger partial charge >= 0.3 is 5.97 Å². The number of thiazole rings is 1. The van der Waals surface area contributed by atoms with E-state index in [1.807, 2.05) is 62.4 Å². The highest BCUT2D eigenvalue weighted by Gasteiger charge is 2.15. The van der Waals surface area contributed by atoms with Gasteiger partial charge in [-0.2, -0.15) is 0 Å². The Balaban J connectivity index is 1.58. The van der Waals surface area contributed by atoms with Crippen LogP contribution in [0.1, 0.15) is 28.5 Å². The van der Waals surface area contributed by atoms with Crippen molar-refractivity contribution in [2.45, 2.75) is 20.3 Å². The fraction of sp³-hybridized carbons (Fsp3) is 0.190. The summed E-state index contributed by atoms with van der Waals surface area (Å²) >= 11 is 1.37. The number of amides is 1. The first-order chi connectivity index (χ1) is 13.1. The topological polar surface area (TPSA) is 68.3 Å². The van der Waals surface area contributed by atoms with Crippen molar-refractivity contribution in [1.82, 2.24) is 4.98 Å². The lowest BCUT2D eigenvalue weighted by molar-refractivity contribution is -0.119. The van der Waals surface area contributed by atoms with Gasteiger partial charge in [-0.15, -0.1) is 11.3 Å². The largest absolute Gasteiger partial charge is 0.451 e. The maximum absolute atomic E-state index is 12.2. The molecule has 1 N–H and O–H groups in total. The maximum atomic E-state index is 12.2. The zero-order valence-corrected chi connectivity index (χ0v) is 16.0. The van der Waals surface area contributed by atoms with Gasteiger partial charge in [-0.05, 0) is 25.0 Å². The SMILES string of the molecule is CCc1ccccc1NC(=O)COC(=O)c1csc(-c2ccc(C)cc2)n1. The van der Waals surface area contributed by atoms with Gasteiger partial charge in [0.25, 0.3) is 5.91 Å². The summed E-state index contributed by atoms with van der Waals surface area (Å²) in [6.45, 7) is 3.67. The molecular weight excluding hydrogens is 360 g/mol. The van der Waals surface area contributed by atoms with Gasteiger partial charge in [-0.1, -0.05) is 55.0 Å². The Hall–Kier alpha value is -2.99. The number of hydrogen-bond acceptors (Lipinski definition) is 5. The monoisotopic (exact) mass is 380 g/mol. The Kier molecular flexibility index (Phi) is 5.98. The molecule has 0 aliphatic heterocycles. The number of nitrogens with one attached hydrogen (secondary N) is 1. The van der Waals surface area contributed by atoms with E-state index >= 15 is 0 Å². The first-order valence-corrected chi connectivity index (χ1v) is 9.52. The third kappa shape index (κ3) is 4.80. The second-order valence-corrected chi connectivity index (χ2v) is 6.90. The van der Waals surface area contributed by atoms with Crippen molar-refractivity contribution < 1.29 is 14.3 Å². The minimum atomic E-state index is -0.608. The average molecular weight is 380 g/mol. The first kappa shape index (κ1) is 18.8. The highest BCUT2D eigenvalue weighted by molar-refractivity contribution is 7.13.